The highest BCUT2D eigenvalue weighted by Crippen LogP contribution is 2.47. The van der Waals surface area contributed by atoms with E-state index in [-0.39, 0.29) is 5.54 Å². The van der Waals surface area contributed by atoms with E-state index in [9.17, 15) is 0 Å². The molecule has 0 spiro atoms. The fourth-order valence-electron chi connectivity index (χ4n) is 2.58. The first-order chi connectivity index (χ1) is 8.21. The lowest BCUT2D eigenvalue weighted by Gasteiger charge is -2.40. The second kappa shape index (κ2) is 4.34. The third kappa shape index (κ3) is 2.14. The number of halogens is 1. The zero-order valence-electron chi connectivity index (χ0n) is 9.41. The average molecular weight is 312 g/mol. The summed E-state index contributed by atoms with van der Waals surface area (Å²) in [4.78, 5) is 0.822. The molecular weight excluding hydrogens is 298 g/mol. The van der Waals surface area contributed by atoms with E-state index in [0.29, 0.717) is 19.1 Å². The smallest absolute Gasteiger partial charge is 0.102 e. The van der Waals surface area contributed by atoms with E-state index in [1.165, 1.54) is 18.4 Å². The van der Waals surface area contributed by atoms with Gasteiger partial charge in [-0.3, -0.25) is 0 Å². The van der Waals surface area contributed by atoms with Crippen LogP contribution in [-0.4, -0.2) is 18.2 Å². The van der Waals surface area contributed by atoms with Crippen LogP contribution < -0.4 is 5.32 Å². The third-order valence-corrected chi connectivity index (χ3v) is 4.25. The van der Waals surface area contributed by atoms with Crippen molar-refractivity contribution in [2.75, 3.05) is 13.2 Å². The van der Waals surface area contributed by atoms with Gasteiger partial charge in [0.25, 0.3) is 0 Å². The largest absolute Gasteiger partial charge is 0.372 e. The highest BCUT2D eigenvalue weighted by molar-refractivity contribution is 9.10. The summed E-state index contributed by atoms with van der Waals surface area (Å²) in [7, 11) is 0. The second-order valence-electron chi connectivity index (χ2n) is 4.80. The second-order valence-corrected chi connectivity index (χ2v) is 6.21. The third-order valence-electron chi connectivity index (χ3n) is 3.54. The molecule has 0 amide bonds. The summed E-state index contributed by atoms with van der Waals surface area (Å²) in [6, 6.07) is 8.45. The lowest BCUT2D eigenvalue weighted by Crippen LogP contribution is -2.55. The molecule has 1 unspecified atom stereocenters. The van der Waals surface area contributed by atoms with E-state index in [0.717, 1.165) is 9.46 Å². The van der Waals surface area contributed by atoms with Crippen LogP contribution in [0.1, 0.15) is 18.4 Å². The number of ether oxygens (including phenoxy) is 1. The fourth-order valence-corrected chi connectivity index (χ4v) is 3.24. The standard InChI is InChI=1S/C13H14BrNOS/c14-11-3-1-2-10(6-11)13(9-4-5-9)8-16-7-12(17)15-13/h1-3,6,9H,4-5,7-8H2,(H,15,17). The summed E-state index contributed by atoms with van der Waals surface area (Å²) in [6.07, 6.45) is 2.51. The van der Waals surface area contributed by atoms with Crippen LogP contribution in [0.4, 0.5) is 0 Å². The summed E-state index contributed by atoms with van der Waals surface area (Å²) >= 11 is 8.82. The van der Waals surface area contributed by atoms with Gasteiger partial charge in [-0.1, -0.05) is 40.3 Å². The Hall–Kier alpha value is -0.450. The summed E-state index contributed by atoms with van der Waals surface area (Å²) in [6.45, 7) is 1.27. The molecule has 1 heterocycles. The van der Waals surface area contributed by atoms with Crippen LogP contribution in [0, 0.1) is 5.92 Å². The Morgan fingerprint density at radius 3 is 2.88 bits per heavy atom. The number of rotatable bonds is 2. The molecule has 0 aromatic heterocycles. The SMILES string of the molecule is S=C1COCC(c2cccc(Br)c2)(C2CC2)N1. The van der Waals surface area contributed by atoms with Crippen LogP contribution >= 0.6 is 28.1 Å². The Bertz CT molecular complexity index is 460. The predicted molar refractivity (Wildman–Crippen MR) is 75.1 cm³/mol. The Balaban J connectivity index is 2.01. The van der Waals surface area contributed by atoms with Crippen molar-refractivity contribution in [3.8, 4) is 0 Å². The molecule has 0 radical (unpaired) electrons. The number of hydrogen-bond donors (Lipinski definition) is 1. The predicted octanol–water partition coefficient (Wildman–Crippen LogP) is 3.00. The van der Waals surface area contributed by atoms with Gasteiger partial charge < -0.3 is 10.1 Å². The van der Waals surface area contributed by atoms with Gasteiger partial charge in [0.15, 0.2) is 0 Å². The van der Waals surface area contributed by atoms with Gasteiger partial charge in [0.05, 0.1) is 18.8 Å². The quantitative estimate of drug-likeness (QED) is 0.848. The molecule has 1 saturated heterocycles. The minimum atomic E-state index is -0.0981. The minimum absolute atomic E-state index is 0.0981. The molecule has 1 aliphatic carbocycles. The maximum absolute atomic E-state index is 5.67. The van der Waals surface area contributed by atoms with Crippen LogP contribution in [0.5, 0.6) is 0 Å². The topological polar surface area (TPSA) is 21.3 Å². The maximum atomic E-state index is 5.67. The van der Waals surface area contributed by atoms with Crippen LogP contribution in [0.3, 0.4) is 0 Å². The molecule has 1 aromatic rings. The summed E-state index contributed by atoms with van der Waals surface area (Å²) in [5, 5.41) is 3.52. The molecule has 17 heavy (non-hydrogen) atoms. The number of morpholine rings is 1. The summed E-state index contributed by atoms with van der Waals surface area (Å²) in [5.41, 5.74) is 1.18. The molecule has 4 heteroatoms. The van der Waals surface area contributed by atoms with Crippen molar-refractivity contribution in [1.29, 1.82) is 0 Å². The van der Waals surface area contributed by atoms with Crippen LogP contribution in [0.2, 0.25) is 0 Å². The van der Waals surface area contributed by atoms with Gasteiger partial charge in [0.1, 0.15) is 4.99 Å². The molecule has 2 fully saturated rings. The number of hydrogen-bond acceptors (Lipinski definition) is 2. The van der Waals surface area contributed by atoms with Gasteiger partial charge in [-0.2, -0.15) is 0 Å². The lowest BCUT2D eigenvalue weighted by molar-refractivity contribution is 0.0660. The molecule has 3 rings (SSSR count). The first-order valence-electron chi connectivity index (χ1n) is 5.85. The molecule has 1 aliphatic heterocycles. The highest BCUT2D eigenvalue weighted by atomic mass is 79.9. The maximum Gasteiger partial charge on any atom is 0.102 e. The van der Waals surface area contributed by atoms with E-state index in [2.05, 4.69) is 39.4 Å². The molecular formula is C13H14BrNOS. The van der Waals surface area contributed by atoms with Gasteiger partial charge in [-0.15, -0.1) is 0 Å². The van der Waals surface area contributed by atoms with Gasteiger partial charge in [-0.05, 0) is 36.5 Å². The Labute approximate surface area is 115 Å². The molecule has 2 aliphatic rings. The van der Waals surface area contributed by atoms with Crippen molar-refractivity contribution in [2.24, 2.45) is 5.92 Å². The van der Waals surface area contributed by atoms with E-state index in [1.807, 2.05) is 6.07 Å². The zero-order chi connectivity index (χ0) is 11.9. The Kier molecular flexibility index (Phi) is 2.97. The number of benzene rings is 1. The first kappa shape index (κ1) is 11.6. The number of nitrogens with one attached hydrogen (secondary N) is 1. The van der Waals surface area contributed by atoms with Gasteiger partial charge in [0.2, 0.25) is 0 Å². The Morgan fingerprint density at radius 2 is 2.24 bits per heavy atom. The van der Waals surface area contributed by atoms with Crippen molar-refractivity contribution < 1.29 is 4.74 Å². The van der Waals surface area contributed by atoms with Crippen molar-refractivity contribution in [1.82, 2.24) is 5.32 Å². The van der Waals surface area contributed by atoms with Crippen molar-refractivity contribution in [3.63, 3.8) is 0 Å². The van der Waals surface area contributed by atoms with Crippen LogP contribution in [0.25, 0.3) is 0 Å². The normalized spacial score (nSPS) is 28.9. The molecule has 1 atom stereocenters. The molecule has 0 bridgehead atoms. The van der Waals surface area contributed by atoms with Gasteiger partial charge >= 0.3 is 0 Å². The van der Waals surface area contributed by atoms with E-state index in [1.54, 1.807) is 0 Å². The van der Waals surface area contributed by atoms with E-state index < -0.39 is 0 Å². The molecule has 1 N–H and O–H groups in total. The molecule has 90 valence electrons. The van der Waals surface area contributed by atoms with Crippen LogP contribution in [0.15, 0.2) is 28.7 Å². The summed E-state index contributed by atoms with van der Waals surface area (Å²) in [5.74, 6) is 0.648. The monoisotopic (exact) mass is 311 g/mol. The van der Waals surface area contributed by atoms with Crippen molar-refractivity contribution in [3.05, 3.63) is 34.3 Å². The van der Waals surface area contributed by atoms with Gasteiger partial charge in [0, 0.05) is 4.47 Å². The lowest BCUT2D eigenvalue weighted by atomic mass is 9.85. The molecule has 1 saturated carbocycles. The Morgan fingerprint density at radius 1 is 1.41 bits per heavy atom. The average Bonchev–Trinajstić information content (AvgIpc) is 3.13. The summed E-state index contributed by atoms with van der Waals surface area (Å²) < 4.78 is 6.78. The molecule has 2 nitrogen and oxygen atoms in total. The van der Waals surface area contributed by atoms with Crippen LogP contribution in [-0.2, 0) is 10.3 Å². The first-order valence-corrected chi connectivity index (χ1v) is 7.06. The fraction of sp³-hybridized carbons (Fsp3) is 0.462. The van der Waals surface area contributed by atoms with Gasteiger partial charge in [-0.25, -0.2) is 0 Å². The van der Waals surface area contributed by atoms with E-state index >= 15 is 0 Å². The van der Waals surface area contributed by atoms with Crippen molar-refractivity contribution in [2.45, 2.75) is 18.4 Å². The van der Waals surface area contributed by atoms with E-state index in [4.69, 9.17) is 17.0 Å². The zero-order valence-corrected chi connectivity index (χ0v) is 11.8. The minimum Gasteiger partial charge on any atom is -0.372 e. The van der Waals surface area contributed by atoms with Crippen molar-refractivity contribution >= 4 is 33.1 Å². The highest BCUT2D eigenvalue weighted by Gasteiger charge is 2.48. The number of thiocarbonyl (C=S) groups is 1. The molecule has 1 aromatic carbocycles.